The minimum atomic E-state index is -0.0975. The van der Waals surface area contributed by atoms with E-state index in [9.17, 15) is 9.59 Å². The van der Waals surface area contributed by atoms with E-state index in [1.807, 2.05) is 24.3 Å². The molecule has 16 atom stereocenters. The Morgan fingerprint density at radius 3 is 1.30 bits per heavy atom. The number of carbonyl (C=O) groups excluding carboxylic acids is 2. The molecular weight excluding hydrogens is 913 g/mol. The van der Waals surface area contributed by atoms with E-state index >= 15 is 0 Å². The Kier molecular flexibility index (Phi) is 17.9. The molecule has 6 nitrogen and oxygen atoms in total. The van der Waals surface area contributed by atoms with E-state index in [4.69, 9.17) is 18.9 Å². The summed E-state index contributed by atoms with van der Waals surface area (Å²) < 4.78 is 24.3. The van der Waals surface area contributed by atoms with E-state index in [0.29, 0.717) is 49.7 Å². The number of ether oxygens (including phenoxy) is 4. The number of carbonyl (C=O) groups is 2. The van der Waals surface area contributed by atoms with Crippen LogP contribution in [0.15, 0.2) is 47.6 Å². The number of hydrogen-bond donors (Lipinski definition) is 0. The molecule has 0 amide bonds. The molecule has 0 bridgehead atoms. The van der Waals surface area contributed by atoms with Gasteiger partial charge in [0.05, 0.1) is 13.2 Å². The second kappa shape index (κ2) is 23.7. The molecule has 0 heterocycles. The molecule has 74 heavy (non-hydrogen) atoms. The first-order valence-electron chi connectivity index (χ1n) is 31.5. The molecule has 414 valence electrons. The van der Waals surface area contributed by atoms with E-state index in [0.717, 1.165) is 121 Å². The number of fused-ring (bicyclic) bond motifs is 10. The van der Waals surface area contributed by atoms with Crippen LogP contribution in [0.4, 0.5) is 0 Å². The lowest BCUT2D eigenvalue weighted by Gasteiger charge is -2.58. The standard InChI is InChI=1S/C68H106O6/c1-45(2)15-11-17-47(5)57-29-31-59-55-27-21-49-43-53(33-37-65(49,7)61(55)35-39-67(57,59)9)73-63(69)19-13-41-71-51-23-25-52(26-24-51)72-42-14-20-64(70)74-54-34-38-66(8)50(44-54)22-28-56-60-32-30-58(48(6)18-12-16-46(3)4)68(60,10)40-36-62(56)66/h21-26,45-48,53-62H,11-20,27-44H2,1-10H3/t47-,48-,53+,54+,55+,56+,57-,58-,59+,60+,61+,62+,65+,66+,67-,68-/m1/s1. The largest absolute Gasteiger partial charge is 0.494 e. The van der Waals surface area contributed by atoms with Crippen molar-refractivity contribution < 1.29 is 28.5 Å². The number of benzene rings is 1. The smallest absolute Gasteiger partial charge is 0.306 e. The third kappa shape index (κ3) is 11.8. The Balaban J connectivity index is 0.639. The lowest BCUT2D eigenvalue weighted by Crippen LogP contribution is -2.51. The Bertz CT molecular complexity index is 1960. The van der Waals surface area contributed by atoms with E-state index < -0.39 is 0 Å². The van der Waals surface area contributed by atoms with Gasteiger partial charge in [0.15, 0.2) is 0 Å². The summed E-state index contributed by atoms with van der Waals surface area (Å²) in [7, 11) is 0. The maximum Gasteiger partial charge on any atom is 0.306 e. The molecule has 9 rings (SSSR count). The van der Waals surface area contributed by atoms with Crippen LogP contribution in [0.2, 0.25) is 0 Å². The quantitative estimate of drug-likeness (QED) is 0.0655. The summed E-state index contributed by atoms with van der Waals surface area (Å²) in [5.41, 5.74) is 4.70. The minimum Gasteiger partial charge on any atom is -0.494 e. The Hall–Kier alpha value is -2.76. The van der Waals surface area contributed by atoms with Gasteiger partial charge in [-0.05, 0) is 220 Å². The van der Waals surface area contributed by atoms with Gasteiger partial charge >= 0.3 is 11.9 Å². The fourth-order valence-corrected chi connectivity index (χ4v) is 19.4. The first-order valence-corrected chi connectivity index (χ1v) is 31.5. The second-order valence-corrected chi connectivity index (χ2v) is 28.7. The monoisotopic (exact) mass is 1020 g/mol. The molecule has 0 aliphatic heterocycles. The third-order valence-corrected chi connectivity index (χ3v) is 23.5. The molecule has 8 aliphatic rings. The Labute approximate surface area is 451 Å². The highest BCUT2D eigenvalue weighted by Gasteiger charge is 2.61. The number of hydrogen-bond acceptors (Lipinski definition) is 6. The van der Waals surface area contributed by atoms with Crippen molar-refractivity contribution in [3.63, 3.8) is 0 Å². The van der Waals surface area contributed by atoms with Crippen molar-refractivity contribution in [1.82, 2.24) is 0 Å². The van der Waals surface area contributed by atoms with E-state index in [2.05, 4.69) is 81.4 Å². The maximum atomic E-state index is 13.1. The summed E-state index contributed by atoms with van der Waals surface area (Å²) in [6, 6.07) is 7.68. The van der Waals surface area contributed by atoms with Gasteiger partial charge in [-0.2, -0.15) is 0 Å². The predicted octanol–water partition coefficient (Wildman–Crippen LogP) is 17.9. The van der Waals surface area contributed by atoms with Crippen molar-refractivity contribution in [2.24, 2.45) is 92.7 Å². The number of rotatable bonds is 22. The molecule has 1 aromatic rings. The van der Waals surface area contributed by atoms with Crippen molar-refractivity contribution in [1.29, 1.82) is 0 Å². The van der Waals surface area contributed by atoms with E-state index in [-0.39, 0.29) is 35.0 Å². The summed E-state index contributed by atoms with van der Waals surface area (Å²) in [6.07, 6.45) is 35.3. The fourth-order valence-electron chi connectivity index (χ4n) is 19.4. The van der Waals surface area contributed by atoms with Gasteiger partial charge in [-0.25, -0.2) is 0 Å². The van der Waals surface area contributed by atoms with Gasteiger partial charge in [0.2, 0.25) is 0 Å². The molecule has 6 fully saturated rings. The molecule has 6 saturated carbocycles. The third-order valence-electron chi connectivity index (χ3n) is 23.5. The highest BCUT2D eigenvalue weighted by molar-refractivity contribution is 5.70. The SMILES string of the molecule is CC(C)CCC[C@@H](C)[C@H]1CC[C@H]2[C@@H]3CC=C4C[C@@H](OC(=O)CCCOc5ccc(OCCCC(=O)O[C@H]6CC[C@@]7(C)C(=CC[C@H]8[C@@H]9CC[C@H]([C@H](C)CCCC(C)C)[C@@]9(C)CC[C@@H]87)C6)cc5)CC[C@]4(C)[C@H]3CC[C@]12C. The Morgan fingerprint density at radius 1 is 0.500 bits per heavy atom. The van der Waals surface area contributed by atoms with Crippen molar-refractivity contribution in [2.45, 2.75) is 248 Å². The van der Waals surface area contributed by atoms with Crippen LogP contribution in [-0.2, 0) is 19.1 Å². The van der Waals surface area contributed by atoms with Crippen LogP contribution in [-0.4, -0.2) is 37.4 Å². The normalized spacial score (nSPS) is 38.0. The maximum absolute atomic E-state index is 13.1. The zero-order valence-electron chi connectivity index (χ0n) is 48.8. The van der Waals surface area contributed by atoms with Gasteiger partial charge < -0.3 is 18.9 Å². The highest BCUT2D eigenvalue weighted by atomic mass is 16.5. The van der Waals surface area contributed by atoms with Crippen molar-refractivity contribution >= 4 is 11.9 Å². The predicted molar refractivity (Wildman–Crippen MR) is 302 cm³/mol. The number of esters is 2. The van der Waals surface area contributed by atoms with E-state index in [1.54, 1.807) is 11.1 Å². The average Bonchev–Trinajstić information content (AvgIpc) is 3.91. The number of allylic oxidation sites excluding steroid dienone is 2. The summed E-state index contributed by atoms with van der Waals surface area (Å²) in [4.78, 5) is 26.2. The average molecular weight is 1020 g/mol. The molecule has 0 radical (unpaired) electrons. The minimum absolute atomic E-state index is 0.00245. The molecule has 1 aromatic carbocycles. The lowest BCUT2D eigenvalue weighted by molar-refractivity contribution is -0.152. The molecule has 0 unspecified atom stereocenters. The summed E-state index contributed by atoms with van der Waals surface area (Å²) in [5.74, 6) is 11.3. The van der Waals surface area contributed by atoms with Gasteiger partial charge in [0, 0.05) is 25.7 Å². The van der Waals surface area contributed by atoms with Crippen LogP contribution >= 0.6 is 0 Å². The Morgan fingerprint density at radius 2 is 0.905 bits per heavy atom. The first kappa shape index (κ1) is 56.0. The fraction of sp³-hybridized carbons (Fsp3) is 0.824. The lowest BCUT2D eigenvalue weighted by atomic mass is 9.47. The molecule has 0 N–H and O–H groups in total. The van der Waals surface area contributed by atoms with Crippen molar-refractivity contribution in [2.75, 3.05) is 13.2 Å². The van der Waals surface area contributed by atoms with Gasteiger partial charge in [0.1, 0.15) is 23.7 Å². The van der Waals surface area contributed by atoms with Crippen molar-refractivity contribution in [3.05, 3.63) is 47.6 Å². The molecule has 6 heteroatoms. The second-order valence-electron chi connectivity index (χ2n) is 28.7. The molecule has 0 spiro atoms. The molecule has 0 saturated heterocycles. The van der Waals surface area contributed by atoms with Gasteiger partial charge in [-0.3, -0.25) is 9.59 Å². The molecule has 0 aromatic heterocycles. The summed E-state index contributed by atoms with van der Waals surface area (Å²) in [5, 5.41) is 0. The molecule has 8 aliphatic carbocycles. The van der Waals surface area contributed by atoms with Crippen LogP contribution in [0, 0.1) is 92.7 Å². The van der Waals surface area contributed by atoms with E-state index in [1.165, 1.54) is 103 Å². The zero-order valence-corrected chi connectivity index (χ0v) is 48.8. The zero-order chi connectivity index (χ0) is 52.4. The van der Waals surface area contributed by atoms with Crippen LogP contribution in [0.1, 0.15) is 236 Å². The molecular formula is C68H106O6. The summed E-state index contributed by atoms with van der Waals surface area (Å²) >= 11 is 0. The summed E-state index contributed by atoms with van der Waals surface area (Å²) in [6.45, 7) is 26.1. The van der Waals surface area contributed by atoms with Crippen LogP contribution in [0.3, 0.4) is 0 Å². The van der Waals surface area contributed by atoms with Crippen LogP contribution < -0.4 is 9.47 Å². The topological polar surface area (TPSA) is 71.1 Å². The van der Waals surface area contributed by atoms with Crippen LogP contribution in [0.25, 0.3) is 0 Å². The van der Waals surface area contributed by atoms with Crippen molar-refractivity contribution in [3.8, 4) is 11.5 Å². The van der Waals surface area contributed by atoms with Crippen LogP contribution in [0.5, 0.6) is 11.5 Å². The van der Waals surface area contributed by atoms with Gasteiger partial charge in [0.25, 0.3) is 0 Å². The highest BCUT2D eigenvalue weighted by Crippen LogP contribution is 2.69. The first-order chi connectivity index (χ1) is 35.4. The van der Waals surface area contributed by atoms with Gasteiger partial charge in [-0.1, -0.05) is 131 Å². The van der Waals surface area contributed by atoms with Gasteiger partial charge in [-0.15, -0.1) is 0 Å².